The zero-order valence-electron chi connectivity index (χ0n) is 13.4. The second-order valence-electron chi connectivity index (χ2n) is 4.94. The lowest BCUT2D eigenvalue weighted by Gasteiger charge is -2.12. The van der Waals surface area contributed by atoms with E-state index in [1.165, 1.54) is 14.2 Å². The van der Waals surface area contributed by atoms with Gasteiger partial charge in [-0.15, -0.1) is 0 Å². The molecule has 6 heteroatoms. The summed E-state index contributed by atoms with van der Waals surface area (Å²) in [7, 11) is 3.07. The number of carbonyl (C=O) groups excluding carboxylic acids is 2. The minimum Gasteiger partial charge on any atom is -0.497 e. The highest BCUT2D eigenvalue weighted by Crippen LogP contribution is 2.28. The largest absolute Gasteiger partial charge is 0.497 e. The first-order valence-electron chi connectivity index (χ1n) is 7.10. The van der Waals surface area contributed by atoms with Gasteiger partial charge < -0.3 is 20.9 Å². The van der Waals surface area contributed by atoms with Crippen LogP contribution in [0.25, 0.3) is 11.1 Å². The van der Waals surface area contributed by atoms with Gasteiger partial charge in [-0.1, -0.05) is 24.3 Å². The van der Waals surface area contributed by atoms with Crippen LogP contribution in [0.4, 0.5) is 0 Å². The third-order valence-corrected chi connectivity index (χ3v) is 3.50. The van der Waals surface area contributed by atoms with Gasteiger partial charge in [0, 0.05) is 0 Å². The molecule has 0 aliphatic heterocycles. The number of amides is 2. The molecule has 4 N–H and O–H groups in total. The van der Waals surface area contributed by atoms with Crippen molar-refractivity contribution in [2.75, 3.05) is 14.2 Å². The number of rotatable bonds is 6. The summed E-state index contributed by atoms with van der Waals surface area (Å²) in [6.45, 7) is 0. The molecule has 2 rings (SSSR count). The van der Waals surface area contributed by atoms with Gasteiger partial charge in [-0.05, 0) is 35.4 Å². The molecule has 0 heterocycles. The van der Waals surface area contributed by atoms with Crippen molar-refractivity contribution < 1.29 is 19.1 Å². The van der Waals surface area contributed by atoms with E-state index in [-0.39, 0.29) is 11.1 Å². The Kier molecular flexibility index (Phi) is 5.21. The van der Waals surface area contributed by atoms with Gasteiger partial charge >= 0.3 is 0 Å². The lowest BCUT2D eigenvalue weighted by molar-refractivity contribution is -0.114. The van der Waals surface area contributed by atoms with Crippen LogP contribution < -0.4 is 20.9 Å². The van der Waals surface area contributed by atoms with Gasteiger partial charge in [-0.25, -0.2) is 0 Å². The molecule has 6 nitrogen and oxygen atoms in total. The predicted octanol–water partition coefficient (Wildman–Crippen LogP) is 1.59. The second kappa shape index (κ2) is 7.32. The molecular formula is C18H18N2O4. The van der Waals surface area contributed by atoms with E-state index in [2.05, 4.69) is 0 Å². The molecule has 0 saturated carbocycles. The van der Waals surface area contributed by atoms with Crippen LogP contribution >= 0.6 is 0 Å². The fourth-order valence-corrected chi connectivity index (χ4v) is 2.33. The summed E-state index contributed by atoms with van der Waals surface area (Å²) in [6, 6.07) is 13.3. The van der Waals surface area contributed by atoms with Gasteiger partial charge in [0.15, 0.2) is 0 Å². The maximum absolute atomic E-state index is 12.0. The van der Waals surface area contributed by atoms with Crippen molar-refractivity contribution in [1.82, 2.24) is 0 Å². The van der Waals surface area contributed by atoms with Crippen molar-refractivity contribution in [3.63, 3.8) is 0 Å². The highest BCUT2D eigenvalue weighted by atomic mass is 16.5. The van der Waals surface area contributed by atoms with Crippen molar-refractivity contribution in [3.05, 3.63) is 59.7 Å². The molecule has 0 aliphatic rings. The quantitative estimate of drug-likeness (QED) is 0.621. The molecule has 24 heavy (non-hydrogen) atoms. The molecule has 0 aromatic heterocycles. The second-order valence-corrected chi connectivity index (χ2v) is 4.94. The molecule has 0 radical (unpaired) electrons. The highest BCUT2D eigenvalue weighted by Gasteiger charge is 2.21. The predicted molar refractivity (Wildman–Crippen MR) is 91.2 cm³/mol. The van der Waals surface area contributed by atoms with E-state index in [0.29, 0.717) is 22.6 Å². The van der Waals surface area contributed by atoms with Crippen LogP contribution in [-0.2, 0) is 9.59 Å². The lowest BCUT2D eigenvalue weighted by Crippen LogP contribution is -2.21. The van der Waals surface area contributed by atoms with E-state index in [0.717, 1.165) is 0 Å². The van der Waals surface area contributed by atoms with Gasteiger partial charge in [0.25, 0.3) is 0 Å². The van der Waals surface area contributed by atoms with E-state index in [9.17, 15) is 9.59 Å². The number of carbonyl (C=O) groups is 2. The molecular weight excluding hydrogens is 308 g/mol. The van der Waals surface area contributed by atoms with Gasteiger partial charge in [0.2, 0.25) is 11.8 Å². The topological polar surface area (TPSA) is 105 Å². The number of methoxy groups -OCH3 is 2. The van der Waals surface area contributed by atoms with Crippen molar-refractivity contribution in [2.24, 2.45) is 11.5 Å². The van der Waals surface area contributed by atoms with Crippen molar-refractivity contribution in [1.29, 1.82) is 0 Å². The molecule has 2 aromatic rings. The minimum absolute atomic E-state index is 0.0512. The molecule has 0 unspecified atom stereocenters. The van der Waals surface area contributed by atoms with Crippen LogP contribution in [0.1, 0.15) is 11.1 Å². The van der Waals surface area contributed by atoms with Crippen LogP contribution in [0.3, 0.4) is 0 Å². The smallest absolute Gasteiger partial charge is 0.250 e. The molecule has 0 spiro atoms. The molecule has 0 fully saturated rings. The van der Waals surface area contributed by atoms with Gasteiger partial charge in [0.05, 0.1) is 25.4 Å². The van der Waals surface area contributed by atoms with Crippen molar-refractivity contribution in [3.8, 4) is 11.5 Å². The number of ether oxygens (including phenoxy) is 2. The average molecular weight is 326 g/mol. The zero-order chi connectivity index (χ0) is 17.7. The van der Waals surface area contributed by atoms with Crippen LogP contribution in [0, 0.1) is 0 Å². The van der Waals surface area contributed by atoms with Crippen LogP contribution in [0.15, 0.2) is 48.5 Å². The fraction of sp³-hybridized carbons (Fsp3) is 0.111. The zero-order valence-corrected chi connectivity index (χ0v) is 13.4. The van der Waals surface area contributed by atoms with E-state index in [1.807, 2.05) is 0 Å². The van der Waals surface area contributed by atoms with E-state index < -0.39 is 11.8 Å². The maximum Gasteiger partial charge on any atom is 0.250 e. The summed E-state index contributed by atoms with van der Waals surface area (Å²) in [6.07, 6.45) is 0. The maximum atomic E-state index is 12.0. The Morgan fingerprint density at radius 2 is 0.958 bits per heavy atom. The SMILES string of the molecule is COc1ccc(C(C(N)=O)=C(C(N)=O)c2ccc(OC)cc2)cc1. The Hall–Kier alpha value is -3.28. The highest BCUT2D eigenvalue weighted by molar-refractivity contribution is 6.39. The van der Waals surface area contributed by atoms with E-state index in [1.54, 1.807) is 48.5 Å². The molecule has 0 bridgehead atoms. The molecule has 2 amide bonds. The lowest BCUT2D eigenvalue weighted by atomic mass is 9.93. The van der Waals surface area contributed by atoms with Crippen molar-refractivity contribution in [2.45, 2.75) is 0 Å². The summed E-state index contributed by atoms with van der Waals surface area (Å²) in [4.78, 5) is 24.0. The van der Waals surface area contributed by atoms with Crippen LogP contribution in [0.2, 0.25) is 0 Å². The molecule has 0 aliphatic carbocycles. The van der Waals surface area contributed by atoms with Gasteiger partial charge in [0.1, 0.15) is 11.5 Å². The Balaban J connectivity index is 2.66. The first-order chi connectivity index (χ1) is 11.5. The number of benzene rings is 2. The molecule has 0 atom stereocenters. The third-order valence-electron chi connectivity index (χ3n) is 3.50. The normalized spacial score (nSPS) is 11.4. The molecule has 2 aromatic carbocycles. The summed E-state index contributed by atoms with van der Waals surface area (Å²) < 4.78 is 10.2. The standard InChI is InChI=1S/C18H18N2O4/c1-23-13-7-3-11(4-8-13)15(17(19)21)16(18(20)22)12-5-9-14(24-2)10-6-12/h3-10H,1-2H3,(H2,19,21)(H2,20,22). The first-order valence-corrected chi connectivity index (χ1v) is 7.10. The fourth-order valence-electron chi connectivity index (χ4n) is 2.33. The van der Waals surface area contributed by atoms with Crippen LogP contribution in [-0.4, -0.2) is 26.0 Å². The minimum atomic E-state index is -0.746. The first kappa shape index (κ1) is 17.1. The monoisotopic (exact) mass is 326 g/mol. The van der Waals surface area contributed by atoms with Crippen LogP contribution in [0.5, 0.6) is 11.5 Å². The Labute approximate surface area is 139 Å². The summed E-state index contributed by atoms with van der Waals surface area (Å²) in [5, 5.41) is 0. The number of hydrogen-bond acceptors (Lipinski definition) is 4. The third kappa shape index (κ3) is 3.55. The average Bonchev–Trinajstić information content (AvgIpc) is 2.59. The number of primary amides is 2. The Morgan fingerprint density at radius 3 is 1.17 bits per heavy atom. The Morgan fingerprint density at radius 1 is 0.667 bits per heavy atom. The van der Waals surface area contributed by atoms with E-state index in [4.69, 9.17) is 20.9 Å². The molecule has 0 saturated heterocycles. The summed E-state index contributed by atoms with van der Waals surface area (Å²) in [5.74, 6) is -0.255. The van der Waals surface area contributed by atoms with E-state index >= 15 is 0 Å². The Bertz CT molecular complexity index is 710. The van der Waals surface area contributed by atoms with Gasteiger partial charge in [-0.3, -0.25) is 9.59 Å². The van der Waals surface area contributed by atoms with Crippen molar-refractivity contribution >= 4 is 23.0 Å². The number of hydrogen-bond donors (Lipinski definition) is 2. The summed E-state index contributed by atoms with van der Waals surface area (Å²) in [5.41, 5.74) is 12.1. The van der Waals surface area contributed by atoms with Gasteiger partial charge in [-0.2, -0.15) is 0 Å². The number of nitrogens with two attached hydrogens (primary N) is 2. The summed E-state index contributed by atoms with van der Waals surface area (Å²) >= 11 is 0. The molecule has 124 valence electrons.